The fraction of sp³-hybridized carbons (Fsp3) is 0.0400. The van der Waals surface area contributed by atoms with E-state index in [1.807, 2.05) is 66.7 Å². The minimum absolute atomic E-state index is 0.333. The van der Waals surface area contributed by atoms with Crippen molar-refractivity contribution in [1.29, 1.82) is 0 Å². The summed E-state index contributed by atoms with van der Waals surface area (Å²) in [5, 5.41) is 26.6. The largest absolute Gasteiger partial charge is 0.465 e. The van der Waals surface area contributed by atoms with Crippen LogP contribution in [0.5, 0.6) is 0 Å². The van der Waals surface area contributed by atoms with Crippen LogP contribution in [0.1, 0.15) is 17.4 Å². The Kier molecular flexibility index (Phi) is 5.88. The molecule has 3 aromatic carbocycles. The van der Waals surface area contributed by atoms with Crippen LogP contribution in [0.25, 0.3) is 28.0 Å². The molecule has 9 heteroatoms. The molecule has 0 aliphatic heterocycles. The predicted octanol–water partition coefficient (Wildman–Crippen LogP) is 6.12. The average molecular weight is 490 g/mol. The topological polar surface area (TPSA) is 92.4 Å². The molecule has 2 heterocycles. The van der Waals surface area contributed by atoms with Crippen LogP contribution in [-0.4, -0.2) is 31.0 Å². The summed E-state index contributed by atoms with van der Waals surface area (Å²) in [5.74, 6) is 0.333. The molecule has 168 valence electrons. The fourth-order valence-corrected chi connectivity index (χ4v) is 4.15. The lowest BCUT2D eigenvalue weighted by atomic mass is 10.00. The smallest absolute Gasteiger partial charge is 0.405 e. The van der Waals surface area contributed by atoms with Gasteiger partial charge in [-0.15, -0.1) is 10.2 Å². The second-order valence-corrected chi connectivity index (χ2v) is 8.36. The third-order valence-corrected chi connectivity index (χ3v) is 5.94. The summed E-state index contributed by atoms with van der Waals surface area (Å²) in [6.07, 6.45) is -1.19. The molecule has 0 aliphatic carbocycles. The number of aromatic nitrogens is 4. The van der Waals surface area contributed by atoms with Gasteiger partial charge in [0.05, 0.1) is 5.02 Å². The Morgan fingerprint density at radius 3 is 2.29 bits per heavy atom. The summed E-state index contributed by atoms with van der Waals surface area (Å²) in [6, 6.07) is 25.0. The van der Waals surface area contributed by atoms with Gasteiger partial charge in [-0.3, -0.25) is 0 Å². The Bertz CT molecular complexity index is 1490. The van der Waals surface area contributed by atoms with Crippen LogP contribution in [0.3, 0.4) is 0 Å². The molecule has 0 aliphatic rings. The molecular formula is C25H17Cl2N5O2. The first-order valence-electron chi connectivity index (χ1n) is 10.3. The number of rotatable bonds is 5. The lowest BCUT2D eigenvalue weighted by molar-refractivity contribution is 0.191. The van der Waals surface area contributed by atoms with Crippen LogP contribution >= 0.6 is 23.2 Å². The molecule has 0 fully saturated rings. The van der Waals surface area contributed by atoms with Crippen molar-refractivity contribution in [3.8, 4) is 22.4 Å². The fourth-order valence-electron chi connectivity index (χ4n) is 3.80. The Balaban J connectivity index is 1.76. The number of nitrogens with zero attached hydrogens (tertiary/aromatic N) is 4. The maximum absolute atomic E-state index is 11.6. The zero-order chi connectivity index (χ0) is 23.7. The van der Waals surface area contributed by atoms with Gasteiger partial charge in [0.1, 0.15) is 11.7 Å². The van der Waals surface area contributed by atoms with Crippen molar-refractivity contribution in [2.45, 2.75) is 6.04 Å². The van der Waals surface area contributed by atoms with Crippen LogP contribution in [0.15, 0.2) is 84.9 Å². The molecule has 0 spiro atoms. The normalized spacial score (nSPS) is 11.9. The van der Waals surface area contributed by atoms with Crippen LogP contribution in [0, 0.1) is 0 Å². The Morgan fingerprint density at radius 2 is 1.59 bits per heavy atom. The summed E-state index contributed by atoms with van der Waals surface area (Å²) in [7, 11) is 0. The average Bonchev–Trinajstić information content (AvgIpc) is 3.26. The number of fused-ring (bicyclic) bond motifs is 1. The van der Waals surface area contributed by atoms with Gasteiger partial charge in [-0.05, 0) is 35.4 Å². The molecular weight excluding hydrogens is 473 g/mol. The Labute approximate surface area is 204 Å². The van der Waals surface area contributed by atoms with Crippen LogP contribution in [0.2, 0.25) is 10.0 Å². The number of carbonyl (C=O) groups is 1. The van der Waals surface area contributed by atoms with Gasteiger partial charge in [0.25, 0.3) is 0 Å². The zero-order valence-electron chi connectivity index (χ0n) is 17.6. The van der Waals surface area contributed by atoms with Gasteiger partial charge >= 0.3 is 6.09 Å². The first kappa shape index (κ1) is 21.9. The third-order valence-electron chi connectivity index (χ3n) is 5.36. The van der Waals surface area contributed by atoms with E-state index in [0.717, 1.165) is 16.7 Å². The highest BCUT2D eigenvalue weighted by Gasteiger charge is 2.25. The van der Waals surface area contributed by atoms with Gasteiger partial charge in [-0.2, -0.15) is 9.61 Å². The molecule has 2 aromatic heterocycles. The highest BCUT2D eigenvalue weighted by Crippen LogP contribution is 2.36. The number of hydrogen-bond donors (Lipinski definition) is 2. The third kappa shape index (κ3) is 4.19. The Hall–Kier alpha value is -3.94. The zero-order valence-corrected chi connectivity index (χ0v) is 19.1. The van der Waals surface area contributed by atoms with Gasteiger partial charge in [0.2, 0.25) is 0 Å². The molecule has 1 atom stereocenters. The molecule has 1 amide bonds. The van der Waals surface area contributed by atoms with E-state index in [0.29, 0.717) is 32.8 Å². The van der Waals surface area contributed by atoms with Gasteiger partial charge in [-0.1, -0.05) is 83.9 Å². The summed E-state index contributed by atoms with van der Waals surface area (Å²) in [4.78, 5) is 11.6. The van der Waals surface area contributed by atoms with E-state index in [9.17, 15) is 9.90 Å². The van der Waals surface area contributed by atoms with Gasteiger partial charge in [0.15, 0.2) is 11.5 Å². The highest BCUT2D eigenvalue weighted by atomic mass is 35.5. The van der Waals surface area contributed by atoms with Gasteiger partial charge in [0, 0.05) is 16.1 Å². The van der Waals surface area contributed by atoms with Gasteiger partial charge in [-0.25, -0.2) is 4.79 Å². The van der Waals surface area contributed by atoms with Crippen molar-refractivity contribution < 1.29 is 9.90 Å². The van der Waals surface area contributed by atoms with E-state index < -0.39 is 12.1 Å². The van der Waals surface area contributed by atoms with Crippen LogP contribution in [-0.2, 0) is 0 Å². The van der Waals surface area contributed by atoms with E-state index >= 15 is 0 Å². The first-order chi connectivity index (χ1) is 16.5. The maximum Gasteiger partial charge on any atom is 0.405 e. The molecule has 2 N–H and O–H groups in total. The maximum atomic E-state index is 11.6. The standard InChI is InChI=1S/C25H17Cl2N5O2/c26-17-12-10-15(11-13-17)19-14-21-29-30-24(22(28-25(33)34)16-6-2-1-3-7-16)32(21)31-23(19)18-8-4-5-9-20(18)27/h1-14,22,28H,(H,33,34)/t22-/m0/s1. The molecule has 5 rings (SSSR count). The van der Waals surface area contributed by atoms with Gasteiger partial charge < -0.3 is 10.4 Å². The molecule has 0 radical (unpaired) electrons. The van der Waals surface area contributed by atoms with E-state index in [2.05, 4.69) is 15.5 Å². The number of amides is 1. The number of benzene rings is 3. The van der Waals surface area contributed by atoms with E-state index in [4.69, 9.17) is 28.3 Å². The highest BCUT2D eigenvalue weighted by molar-refractivity contribution is 6.33. The quantitative estimate of drug-likeness (QED) is 0.310. The lowest BCUT2D eigenvalue weighted by Gasteiger charge is -2.16. The molecule has 0 unspecified atom stereocenters. The summed E-state index contributed by atoms with van der Waals surface area (Å²) >= 11 is 12.6. The molecule has 5 aromatic rings. The number of carboxylic acid groups (broad SMARTS) is 1. The SMILES string of the molecule is O=C(O)N[C@@H](c1ccccc1)c1nnc2cc(-c3ccc(Cl)cc3)c(-c3ccccc3Cl)nn12. The molecule has 0 saturated carbocycles. The minimum atomic E-state index is -1.19. The number of halogens is 2. The van der Waals surface area contributed by atoms with Crippen molar-refractivity contribution in [2.75, 3.05) is 0 Å². The van der Waals surface area contributed by atoms with Crippen LogP contribution in [0.4, 0.5) is 4.79 Å². The van der Waals surface area contributed by atoms with Crippen molar-refractivity contribution in [3.05, 3.63) is 106 Å². The monoisotopic (exact) mass is 489 g/mol. The van der Waals surface area contributed by atoms with Crippen molar-refractivity contribution in [3.63, 3.8) is 0 Å². The van der Waals surface area contributed by atoms with E-state index in [-0.39, 0.29) is 0 Å². The second kappa shape index (κ2) is 9.13. The number of nitrogens with one attached hydrogen (secondary N) is 1. The summed E-state index contributed by atoms with van der Waals surface area (Å²) in [5.41, 5.74) is 4.16. The van der Waals surface area contributed by atoms with Crippen molar-refractivity contribution >= 4 is 34.9 Å². The summed E-state index contributed by atoms with van der Waals surface area (Å²) in [6.45, 7) is 0. The minimum Gasteiger partial charge on any atom is -0.465 e. The van der Waals surface area contributed by atoms with E-state index in [1.165, 1.54) is 0 Å². The Morgan fingerprint density at radius 1 is 0.882 bits per heavy atom. The first-order valence-corrected chi connectivity index (χ1v) is 11.1. The second-order valence-electron chi connectivity index (χ2n) is 7.51. The molecule has 0 bridgehead atoms. The summed E-state index contributed by atoms with van der Waals surface area (Å²) < 4.78 is 1.55. The molecule has 0 saturated heterocycles. The molecule has 7 nitrogen and oxygen atoms in total. The van der Waals surface area contributed by atoms with E-state index in [1.54, 1.807) is 22.7 Å². The van der Waals surface area contributed by atoms with Crippen molar-refractivity contribution in [1.82, 2.24) is 25.1 Å². The van der Waals surface area contributed by atoms with Crippen molar-refractivity contribution in [2.24, 2.45) is 0 Å². The molecule has 34 heavy (non-hydrogen) atoms. The lowest BCUT2D eigenvalue weighted by Crippen LogP contribution is -2.29. The predicted molar refractivity (Wildman–Crippen MR) is 131 cm³/mol. The number of hydrogen-bond acceptors (Lipinski definition) is 4. The van der Waals surface area contributed by atoms with Crippen LogP contribution < -0.4 is 5.32 Å².